The average Bonchev–Trinajstić information content (AvgIpc) is 3.09. The standard InChI is InChI=1S/C16H19N3O2S.ClH/c1-18(2)12-7-8-19(10-12)16-17-15(21)14(22-16)9-11-5-3-4-6-13(11)20;/h3-6,9,12,20H,7-8,10H2,1-2H3;1H/t12-;/m1./s1. The van der Waals surface area contributed by atoms with Crippen molar-refractivity contribution >= 4 is 41.3 Å². The van der Waals surface area contributed by atoms with E-state index in [0.29, 0.717) is 16.5 Å². The maximum Gasteiger partial charge on any atom is 0.286 e. The highest BCUT2D eigenvalue weighted by Gasteiger charge is 2.31. The molecular weight excluding hydrogens is 334 g/mol. The zero-order chi connectivity index (χ0) is 15.7. The minimum absolute atomic E-state index is 0. The van der Waals surface area contributed by atoms with Crippen molar-refractivity contribution in [3.63, 3.8) is 0 Å². The molecular formula is C16H20ClN3O2S. The number of rotatable bonds is 2. The van der Waals surface area contributed by atoms with Gasteiger partial charge in [-0.3, -0.25) is 4.79 Å². The summed E-state index contributed by atoms with van der Waals surface area (Å²) >= 11 is 1.39. The molecule has 124 valence electrons. The molecule has 1 atom stereocenters. The van der Waals surface area contributed by atoms with Crippen LogP contribution in [0.1, 0.15) is 12.0 Å². The van der Waals surface area contributed by atoms with Crippen LogP contribution in [0.5, 0.6) is 5.75 Å². The maximum absolute atomic E-state index is 12.1. The molecule has 1 aromatic rings. The normalized spacial score (nSPS) is 22.7. The van der Waals surface area contributed by atoms with E-state index >= 15 is 0 Å². The van der Waals surface area contributed by atoms with Gasteiger partial charge in [-0.05, 0) is 44.4 Å². The first-order valence-corrected chi connectivity index (χ1v) is 8.08. The Morgan fingerprint density at radius 2 is 2.13 bits per heavy atom. The van der Waals surface area contributed by atoms with Crippen LogP contribution in [0.15, 0.2) is 34.2 Å². The summed E-state index contributed by atoms with van der Waals surface area (Å²) in [6, 6.07) is 7.49. The lowest BCUT2D eigenvalue weighted by Gasteiger charge is -2.20. The molecule has 1 amide bonds. The number of hydrogen-bond acceptors (Lipinski definition) is 5. The van der Waals surface area contributed by atoms with Crippen molar-refractivity contribution < 1.29 is 9.90 Å². The minimum Gasteiger partial charge on any atom is -0.507 e. The molecule has 2 aliphatic heterocycles. The number of hydrogen-bond donors (Lipinski definition) is 1. The van der Waals surface area contributed by atoms with E-state index in [4.69, 9.17) is 0 Å². The summed E-state index contributed by atoms with van der Waals surface area (Å²) in [7, 11) is 4.15. The van der Waals surface area contributed by atoms with E-state index in [0.717, 1.165) is 24.7 Å². The Morgan fingerprint density at radius 3 is 2.78 bits per heavy atom. The molecule has 0 bridgehead atoms. The Kier molecular flexibility index (Phi) is 5.73. The van der Waals surface area contributed by atoms with Crippen molar-refractivity contribution in [1.82, 2.24) is 9.80 Å². The van der Waals surface area contributed by atoms with Gasteiger partial charge in [0.15, 0.2) is 5.17 Å². The van der Waals surface area contributed by atoms with E-state index in [9.17, 15) is 9.90 Å². The second-order valence-corrected chi connectivity index (χ2v) is 6.73. The zero-order valence-electron chi connectivity index (χ0n) is 13.1. The van der Waals surface area contributed by atoms with E-state index in [-0.39, 0.29) is 24.1 Å². The van der Waals surface area contributed by atoms with Crippen LogP contribution in [-0.4, -0.2) is 59.2 Å². The van der Waals surface area contributed by atoms with Gasteiger partial charge in [0.25, 0.3) is 5.91 Å². The van der Waals surface area contributed by atoms with Crippen LogP contribution in [0.2, 0.25) is 0 Å². The Morgan fingerprint density at radius 1 is 1.39 bits per heavy atom. The molecule has 7 heteroatoms. The van der Waals surface area contributed by atoms with Crippen LogP contribution < -0.4 is 0 Å². The molecule has 0 saturated carbocycles. The monoisotopic (exact) mass is 353 g/mol. The highest BCUT2D eigenvalue weighted by molar-refractivity contribution is 8.18. The number of phenolic OH excluding ortho intramolecular Hbond substituents is 1. The number of para-hydroxylation sites is 1. The third-order valence-corrected chi connectivity index (χ3v) is 5.04. The van der Waals surface area contributed by atoms with Gasteiger partial charge in [0.2, 0.25) is 0 Å². The number of aromatic hydroxyl groups is 1. The number of carbonyl (C=O) groups excluding carboxylic acids is 1. The zero-order valence-corrected chi connectivity index (χ0v) is 14.7. The second kappa shape index (κ2) is 7.38. The summed E-state index contributed by atoms with van der Waals surface area (Å²) in [5.41, 5.74) is 0.641. The maximum atomic E-state index is 12.1. The number of likely N-dealkylation sites (tertiary alicyclic amines) is 1. The first-order valence-electron chi connectivity index (χ1n) is 7.26. The predicted octanol–water partition coefficient (Wildman–Crippen LogP) is 2.42. The number of amidine groups is 1. The smallest absolute Gasteiger partial charge is 0.286 e. The van der Waals surface area contributed by atoms with Crippen LogP contribution in [0, 0.1) is 0 Å². The third kappa shape index (κ3) is 3.88. The lowest BCUT2D eigenvalue weighted by molar-refractivity contribution is -0.113. The topological polar surface area (TPSA) is 56.1 Å². The molecule has 3 rings (SSSR count). The largest absolute Gasteiger partial charge is 0.507 e. The molecule has 0 aromatic heterocycles. The van der Waals surface area contributed by atoms with E-state index < -0.39 is 0 Å². The van der Waals surface area contributed by atoms with Crippen molar-refractivity contribution in [2.45, 2.75) is 12.5 Å². The van der Waals surface area contributed by atoms with Crippen LogP contribution in [0.4, 0.5) is 0 Å². The van der Waals surface area contributed by atoms with Gasteiger partial charge in [-0.25, -0.2) is 0 Å². The number of phenols is 1. The lowest BCUT2D eigenvalue weighted by atomic mass is 10.2. The van der Waals surface area contributed by atoms with Crippen molar-refractivity contribution in [1.29, 1.82) is 0 Å². The first kappa shape index (κ1) is 17.8. The van der Waals surface area contributed by atoms with Crippen molar-refractivity contribution in [3.8, 4) is 5.75 Å². The van der Waals surface area contributed by atoms with Crippen molar-refractivity contribution in [2.75, 3.05) is 27.2 Å². The van der Waals surface area contributed by atoms with Crippen LogP contribution in [0.25, 0.3) is 6.08 Å². The molecule has 1 aromatic carbocycles. The first-order chi connectivity index (χ1) is 10.5. The fraction of sp³-hybridized carbons (Fsp3) is 0.375. The fourth-order valence-corrected chi connectivity index (χ4v) is 3.56. The van der Waals surface area contributed by atoms with Gasteiger partial charge >= 0.3 is 0 Å². The van der Waals surface area contributed by atoms with E-state index in [1.807, 2.05) is 6.07 Å². The molecule has 5 nitrogen and oxygen atoms in total. The number of nitrogens with zero attached hydrogens (tertiary/aromatic N) is 3. The summed E-state index contributed by atoms with van der Waals surface area (Å²) in [6.45, 7) is 1.82. The molecule has 1 saturated heterocycles. The molecule has 1 N–H and O–H groups in total. The van der Waals surface area contributed by atoms with Crippen molar-refractivity contribution in [2.24, 2.45) is 4.99 Å². The van der Waals surface area contributed by atoms with Gasteiger partial charge < -0.3 is 14.9 Å². The summed E-state index contributed by atoms with van der Waals surface area (Å²) in [5.74, 6) is -0.0535. The number of thioether (sulfide) groups is 1. The number of halogens is 1. The SMILES string of the molecule is CN(C)[C@@H]1CCN(C2=NC(=O)C(=Cc3ccccc3O)S2)C1.Cl. The predicted molar refractivity (Wildman–Crippen MR) is 97.0 cm³/mol. The summed E-state index contributed by atoms with van der Waals surface area (Å²) in [4.78, 5) is 21.2. The molecule has 0 spiro atoms. The molecule has 2 aliphatic rings. The molecule has 0 aliphatic carbocycles. The number of amides is 1. The van der Waals surface area contributed by atoms with Gasteiger partial charge in [0.1, 0.15) is 5.75 Å². The van der Waals surface area contributed by atoms with E-state index in [1.165, 1.54) is 11.8 Å². The van der Waals surface area contributed by atoms with Gasteiger partial charge in [0, 0.05) is 24.7 Å². The summed E-state index contributed by atoms with van der Waals surface area (Å²) < 4.78 is 0. The second-order valence-electron chi connectivity index (χ2n) is 5.72. The summed E-state index contributed by atoms with van der Waals surface area (Å²) in [5, 5.41) is 10.6. The molecule has 23 heavy (non-hydrogen) atoms. The minimum atomic E-state index is -0.225. The Bertz CT molecular complexity index is 660. The molecule has 0 unspecified atom stereocenters. The van der Waals surface area contributed by atoms with Gasteiger partial charge in [0.05, 0.1) is 4.91 Å². The Balaban J connectivity index is 0.00000192. The van der Waals surface area contributed by atoms with E-state index in [1.54, 1.807) is 24.3 Å². The average molecular weight is 354 g/mol. The van der Waals surface area contributed by atoms with Crippen molar-refractivity contribution in [3.05, 3.63) is 34.7 Å². The Labute approximate surface area is 146 Å². The molecule has 0 radical (unpaired) electrons. The summed E-state index contributed by atoms with van der Waals surface area (Å²) in [6.07, 6.45) is 2.79. The highest BCUT2D eigenvalue weighted by atomic mass is 35.5. The van der Waals surface area contributed by atoms with Crippen LogP contribution in [-0.2, 0) is 4.79 Å². The molecule has 1 fully saturated rings. The lowest BCUT2D eigenvalue weighted by Crippen LogP contribution is -2.33. The van der Waals surface area contributed by atoms with Gasteiger partial charge in [-0.2, -0.15) is 4.99 Å². The quantitative estimate of drug-likeness (QED) is 0.827. The van der Waals surface area contributed by atoms with Gasteiger partial charge in [-0.15, -0.1) is 12.4 Å². The third-order valence-electron chi connectivity index (χ3n) is 4.00. The van der Waals surface area contributed by atoms with Crippen LogP contribution in [0.3, 0.4) is 0 Å². The highest BCUT2D eigenvalue weighted by Crippen LogP contribution is 2.33. The number of likely N-dealkylation sites (N-methyl/N-ethyl adjacent to an activating group) is 1. The van der Waals surface area contributed by atoms with Gasteiger partial charge in [-0.1, -0.05) is 18.2 Å². The Hall–Kier alpha value is -1.50. The number of carbonyl (C=O) groups is 1. The van der Waals surface area contributed by atoms with E-state index in [2.05, 4.69) is 28.9 Å². The van der Waals surface area contributed by atoms with Crippen LogP contribution >= 0.6 is 24.2 Å². The number of aliphatic imine (C=N–C) groups is 1. The molecule has 2 heterocycles. The fourth-order valence-electron chi connectivity index (χ4n) is 2.62. The number of benzene rings is 1.